The summed E-state index contributed by atoms with van der Waals surface area (Å²) in [7, 11) is 0. The van der Waals surface area contributed by atoms with E-state index in [-0.39, 0.29) is 6.10 Å². The molecule has 0 saturated carbocycles. The van der Waals surface area contributed by atoms with Crippen LogP contribution in [0.15, 0.2) is 24.3 Å². The van der Waals surface area contributed by atoms with Crippen LogP contribution in [0.3, 0.4) is 0 Å². The first-order valence-electron chi connectivity index (χ1n) is 5.80. The van der Waals surface area contributed by atoms with Gasteiger partial charge in [0.15, 0.2) is 6.29 Å². The smallest absolute Gasteiger partial charge is 0.152 e. The Bertz CT molecular complexity index is 331. The van der Waals surface area contributed by atoms with Crippen LogP contribution in [0.2, 0.25) is 0 Å². The van der Waals surface area contributed by atoms with Crippen LogP contribution in [0.25, 0.3) is 0 Å². The van der Waals surface area contributed by atoms with E-state index in [1.807, 2.05) is 0 Å². The van der Waals surface area contributed by atoms with Crippen molar-refractivity contribution in [1.29, 1.82) is 0 Å². The summed E-state index contributed by atoms with van der Waals surface area (Å²) in [6.45, 7) is 0. The molecule has 0 radical (unpaired) electrons. The number of carbonyl (C=O) groups is 1. The van der Waals surface area contributed by atoms with Gasteiger partial charge in [-0.15, -0.1) is 0 Å². The molecule has 1 heterocycles. The summed E-state index contributed by atoms with van der Waals surface area (Å²) in [6.07, 6.45) is 13.9. The molecule has 2 nitrogen and oxygen atoms in total. The summed E-state index contributed by atoms with van der Waals surface area (Å²) in [4.78, 5) is 11.3. The second kappa shape index (κ2) is 3.31. The highest BCUT2D eigenvalue weighted by atomic mass is 16.5. The van der Waals surface area contributed by atoms with E-state index in [0.717, 1.165) is 32.0 Å². The van der Waals surface area contributed by atoms with Crippen LogP contribution in [0.1, 0.15) is 25.7 Å². The van der Waals surface area contributed by atoms with Gasteiger partial charge >= 0.3 is 0 Å². The largest absolute Gasteiger partial charge is 0.363 e. The Hall–Kier alpha value is -0.890. The standard InChI is InChI=1S/C13H16O2/c14-9-13-8-4-3-6-11(13)10-5-1-2-7-12(10)15-13/h1-4,9-12H,5-8H2/t10-,11-,12-,13+/m0/s1. The van der Waals surface area contributed by atoms with E-state index in [0.29, 0.717) is 11.8 Å². The van der Waals surface area contributed by atoms with Gasteiger partial charge in [-0.2, -0.15) is 0 Å². The van der Waals surface area contributed by atoms with Crippen LogP contribution in [0, 0.1) is 11.8 Å². The average molecular weight is 204 g/mol. The minimum Gasteiger partial charge on any atom is -0.363 e. The molecule has 80 valence electrons. The van der Waals surface area contributed by atoms with Crippen LogP contribution in [-0.4, -0.2) is 18.0 Å². The maximum Gasteiger partial charge on any atom is 0.152 e. The Morgan fingerprint density at radius 3 is 2.80 bits per heavy atom. The van der Waals surface area contributed by atoms with Gasteiger partial charge in [0.2, 0.25) is 0 Å². The summed E-state index contributed by atoms with van der Waals surface area (Å²) in [6, 6.07) is 0. The summed E-state index contributed by atoms with van der Waals surface area (Å²) in [5.74, 6) is 0.972. The first-order valence-corrected chi connectivity index (χ1v) is 5.80. The van der Waals surface area contributed by atoms with Crippen LogP contribution in [0.4, 0.5) is 0 Å². The minimum atomic E-state index is -0.490. The predicted molar refractivity (Wildman–Crippen MR) is 57.4 cm³/mol. The first-order chi connectivity index (χ1) is 7.36. The molecule has 0 N–H and O–H groups in total. The molecule has 0 aromatic rings. The number of hydrogen-bond donors (Lipinski definition) is 0. The highest BCUT2D eigenvalue weighted by Crippen LogP contribution is 2.49. The van der Waals surface area contributed by atoms with E-state index >= 15 is 0 Å². The van der Waals surface area contributed by atoms with E-state index in [9.17, 15) is 4.79 Å². The Morgan fingerprint density at radius 1 is 1.13 bits per heavy atom. The molecule has 1 aliphatic heterocycles. The zero-order valence-corrected chi connectivity index (χ0v) is 8.76. The van der Waals surface area contributed by atoms with Gasteiger partial charge in [-0.3, -0.25) is 0 Å². The van der Waals surface area contributed by atoms with E-state index in [2.05, 4.69) is 24.3 Å². The van der Waals surface area contributed by atoms with Gasteiger partial charge in [-0.25, -0.2) is 0 Å². The second-order valence-electron chi connectivity index (χ2n) is 4.85. The van der Waals surface area contributed by atoms with Crippen LogP contribution >= 0.6 is 0 Å². The topological polar surface area (TPSA) is 26.3 Å². The third kappa shape index (κ3) is 1.24. The Morgan fingerprint density at radius 2 is 1.93 bits per heavy atom. The number of carbonyl (C=O) groups excluding carboxylic acids is 1. The predicted octanol–water partition coefficient (Wildman–Crippen LogP) is 2.26. The first kappa shape index (κ1) is 9.34. The molecule has 3 rings (SSSR count). The molecule has 1 saturated heterocycles. The van der Waals surface area contributed by atoms with Crippen molar-refractivity contribution in [2.75, 3.05) is 0 Å². The highest BCUT2D eigenvalue weighted by Gasteiger charge is 2.54. The quantitative estimate of drug-likeness (QED) is 0.483. The van der Waals surface area contributed by atoms with Gasteiger partial charge in [0.25, 0.3) is 0 Å². The number of ether oxygens (including phenoxy) is 1. The van der Waals surface area contributed by atoms with Gasteiger partial charge in [-0.1, -0.05) is 24.3 Å². The molecule has 15 heavy (non-hydrogen) atoms. The van der Waals surface area contributed by atoms with Crippen LogP contribution < -0.4 is 0 Å². The molecule has 0 unspecified atom stereocenters. The average Bonchev–Trinajstić information content (AvgIpc) is 2.64. The summed E-state index contributed by atoms with van der Waals surface area (Å²) in [5, 5.41) is 0. The zero-order chi connectivity index (χ0) is 10.3. The van der Waals surface area contributed by atoms with Crippen molar-refractivity contribution in [2.24, 2.45) is 11.8 Å². The lowest BCUT2D eigenvalue weighted by Gasteiger charge is -2.31. The Labute approximate surface area is 90.0 Å². The van der Waals surface area contributed by atoms with Crippen molar-refractivity contribution >= 4 is 6.29 Å². The fraction of sp³-hybridized carbons (Fsp3) is 0.615. The Balaban J connectivity index is 1.95. The lowest BCUT2D eigenvalue weighted by atomic mass is 9.71. The fourth-order valence-electron chi connectivity index (χ4n) is 3.35. The maximum atomic E-state index is 11.3. The number of fused-ring (bicyclic) bond motifs is 3. The van der Waals surface area contributed by atoms with Crippen molar-refractivity contribution in [3.8, 4) is 0 Å². The molecule has 0 aromatic heterocycles. The molecular weight excluding hydrogens is 188 g/mol. The number of aldehydes is 1. The normalized spacial score (nSPS) is 47.3. The van der Waals surface area contributed by atoms with Crippen molar-refractivity contribution in [3.63, 3.8) is 0 Å². The molecule has 0 bridgehead atoms. The molecule has 1 fully saturated rings. The lowest BCUT2D eigenvalue weighted by molar-refractivity contribution is -0.133. The van der Waals surface area contributed by atoms with Gasteiger partial charge < -0.3 is 9.53 Å². The Kier molecular flexibility index (Phi) is 2.06. The van der Waals surface area contributed by atoms with E-state index in [1.54, 1.807) is 0 Å². The molecule has 0 amide bonds. The van der Waals surface area contributed by atoms with E-state index in [4.69, 9.17) is 4.74 Å². The summed E-state index contributed by atoms with van der Waals surface area (Å²) >= 11 is 0. The van der Waals surface area contributed by atoms with Crippen LogP contribution in [-0.2, 0) is 9.53 Å². The minimum absolute atomic E-state index is 0.282. The highest BCUT2D eigenvalue weighted by molar-refractivity contribution is 5.65. The van der Waals surface area contributed by atoms with E-state index < -0.39 is 5.60 Å². The number of allylic oxidation sites excluding steroid dienone is 2. The molecule has 0 spiro atoms. The lowest BCUT2D eigenvalue weighted by Crippen LogP contribution is -2.39. The molecular formula is C13H16O2. The van der Waals surface area contributed by atoms with Gasteiger partial charge in [0.05, 0.1) is 6.10 Å². The third-order valence-electron chi connectivity index (χ3n) is 4.13. The zero-order valence-electron chi connectivity index (χ0n) is 8.76. The third-order valence-corrected chi connectivity index (χ3v) is 4.13. The summed E-state index contributed by atoms with van der Waals surface area (Å²) in [5.41, 5.74) is -0.490. The molecule has 3 aliphatic rings. The molecule has 0 aromatic carbocycles. The summed E-state index contributed by atoms with van der Waals surface area (Å²) < 4.78 is 6.04. The number of rotatable bonds is 1. The van der Waals surface area contributed by atoms with Crippen molar-refractivity contribution in [3.05, 3.63) is 24.3 Å². The fourth-order valence-corrected chi connectivity index (χ4v) is 3.35. The van der Waals surface area contributed by atoms with Crippen molar-refractivity contribution < 1.29 is 9.53 Å². The molecule has 4 atom stereocenters. The monoisotopic (exact) mass is 204 g/mol. The van der Waals surface area contributed by atoms with Gasteiger partial charge in [-0.05, 0) is 25.2 Å². The van der Waals surface area contributed by atoms with Gasteiger partial charge in [0, 0.05) is 12.3 Å². The molecule has 2 aliphatic carbocycles. The van der Waals surface area contributed by atoms with E-state index in [1.165, 1.54) is 0 Å². The SMILES string of the molecule is O=C[C@]12CC=CC[C@H]1[C@@H]1CC=CC[C@@H]1O2. The maximum absolute atomic E-state index is 11.3. The van der Waals surface area contributed by atoms with Gasteiger partial charge in [0.1, 0.15) is 5.60 Å². The second-order valence-corrected chi connectivity index (χ2v) is 4.85. The number of hydrogen-bond acceptors (Lipinski definition) is 2. The van der Waals surface area contributed by atoms with Crippen molar-refractivity contribution in [2.45, 2.75) is 37.4 Å². The van der Waals surface area contributed by atoms with Crippen LogP contribution in [0.5, 0.6) is 0 Å². The van der Waals surface area contributed by atoms with Crippen molar-refractivity contribution in [1.82, 2.24) is 0 Å². The molecule has 2 heteroatoms.